The lowest BCUT2D eigenvalue weighted by molar-refractivity contribution is 0.660. The van der Waals surface area contributed by atoms with Crippen molar-refractivity contribution >= 4 is 49.6 Å². The topological polar surface area (TPSA) is 8.17 Å². The number of rotatable bonds is 5. The molecule has 0 saturated heterocycles. The second kappa shape index (κ2) is 12.1. The fraction of sp³-hybridized carbons (Fsp3) is 0.115. The summed E-state index contributed by atoms with van der Waals surface area (Å²) in [5, 5.41) is 5.10. The van der Waals surface area contributed by atoms with E-state index in [-0.39, 0.29) is 5.41 Å². The molecule has 260 valence electrons. The van der Waals surface area contributed by atoms with Crippen molar-refractivity contribution in [3.05, 3.63) is 192 Å². The van der Waals surface area contributed by atoms with E-state index in [1.807, 2.05) is 0 Å². The van der Waals surface area contributed by atoms with Gasteiger partial charge >= 0.3 is 0 Å². The summed E-state index contributed by atoms with van der Waals surface area (Å²) in [5.74, 6) is 0. The van der Waals surface area contributed by atoms with Crippen molar-refractivity contribution in [1.82, 2.24) is 4.57 Å². The van der Waals surface area contributed by atoms with Crippen molar-refractivity contribution < 1.29 is 0 Å². The van der Waals surface area contributed by atoms with Gasteiger partial charge in [-0.1, -0.05) is 141 Å². The highest BCUT2D eigenvalue weighted by atomic mass is 15.1. The SMILES string of the molecule is Cc1ccc2c(c1)c1cccc(-c3ccccc3)c1n2-c1ccc2c(c1)C(C)(C)c1cc(N(c3ccccc3)c3c(C)cccc3C)c3ccccc3c1-2. The fourth-order valence-electron chi connectivity index (χ4n) is 9.30. The van der Waals surface area contributed by atoms with Crippen LogP contribution in [0.1, 0.15) is 41.7 Å². The Kier molecular flexibility index (Phi) is 7.22. The molecule has 0 unspecified atom stereocenters. The van der Waals surface area contributed by atoms with Gasteiger partial charge in [0.2, 0.25) is 0 Å². The highest BCUT2D eigenvalue weighted by molar-refractivity contribution is 6.14. The number of nitrogens with zero attached hydrogens (tertiary/aromatic N) is 2. The molecule has 0 radical (unpaired) electrons. The molecule has 0 fully saturated rings. The molecule has 10 rings (SSSR count). The quantitative estimate of drug-likeness (QED) is 0.174. The van der Waals surface area contributed by atoms with Gasteiger partial charge in [-0.3, -0.25) is 0 Å². The Balaban J connectivity index is 1.23. The molecule has 0 bridgehead atoms. The van der Waals surface area contributed by atoms with Crippen LogP contribution in [0.2, 0.25) is 0 Å². The van der Waals surface area contributed by atoms with E-state index in [1.165, 1.54) is 99.7 Å². The number of hydrogen-bond acceptors (Lipinski definition) is 1. The molecule has 1 aliphatic carbocycles. The Labute approximate surface area is 317 Å². The monoisotopic (exact) mass is 694 g/mol. The Hall–Kier alpha value is -6.38. The van der Waals surface area contributed by atoms with Crippen LogP contribution in [0.15, 0.2) is 164 Å². The first-order valence-electron chi connectivity index (χ1n) is 19.0. The molecule has 0 amide bonds. The number of aromatic nitrogens is 1. The molecule has 54 heavy (non-hydrogen) atoms. The number of hydrogen-bond donors (Lipinski definition) is 0. The van der Waals surface area contributed by atoms with Crippen LogP contribution in [0.25, 0.3) is 60.5 Å². The van der Waals surface area contributed by atoms with E-state index in [0.717, 1.165) is 5.69 Å². The molecule has 1 heterocycles. The first kappa shape index (κ1) is 32.3. The largest absolute Gasteiger partial charge is 0.309 e. The third-order valence-electron chi connectivity index (χ3n) is 11.8. The summed E-state index contributed by atoms with van der Waals surface area (Å²) >= 11 is 0. The molecule has 0 saturated carbocycles. The molecule has 0 aliphatic heterocycles. The Morgan fingerprint density at radius 3 is 1.93 bits per heavy atom. The van der Waals surface area contributed by atoms with Crippen molar-refractivity contribution in [1.29, 1.82) is 0 Å². The predicted molar refractivity (Wildman–Crippen MR) is 230 cm³/mol. The maximum atomic E-state index is 2.51. The molecule has 0 atom stereocenters. The standard InChI is InChI=1S/C52H42N2/c1-33-26-29-47-44(30-33)42-25-15-24-39(36-18-8-6-9-19-36)51(42)54(47)38-27-28-43-45(31-38)52(4,5)46-32-48(40-22-12-13-23-41(40)49(43)46)53(37-20-10-7-11-21-37)50-34(2)16-14-17-35(50)3/h6-32H,1-5H3. The van der Waals surface area contributed by atoms with Crippen molar-refractivity contribution in [3.63, 3.8) is 0 Å². The van der Waals surface area contributed by atoms with Gasteiger partial charge in [0, 0.05) is 38.5 Å². The molecule has 1 aliphatic rings. The van der Waals surface area contributed by atoms with Crippen LogP contribution in [0, 0.1) is 20.8 Å². The van der Waals surface area contributed by atoms with Crippen LogP contribution < -0.4 is 4.90 Å². The molecule has 2 nitrogen and oxygen atoms in total. The lowest BCUT2D eigenvalue weighted by Crippen LogP contribution is -2.18. The van der Waals surface area contributed by atoms with E-state index >= 15 is 0 Å². The summed E-state index contributed by atoms with van der Waals surface area (Å²) in [6.45, 7) is 11.5. The van der Waals surface area contributed by atoms with Gasteiger partial charge in [-0.05, 0) is 108 Å². The first-order chi connectivity index (χ1) is 26.3. The molecule has 9 aromatic rings. The third kappa shape index (κ3) is 4.73. The maximum absolute atomic E-state index is 2.51. The number of aryl methyl sites for hydroxylation is 3. The minimum Gasteiger partial charge on any atom is -0.309 e. The van der Waals surface area contributed by atoms with Crippen LogP contribution in [0.4, 0.5) is 17.1 Å². The Morgan fingerprint density at radius 2 is 1.17 bits per heavy atom. The summed E-state index contributed by atoms with van der Waals surface area (Å²) in [6, 6.07) is 60.7. The summed E-state index contributed by atoms with van der Waals surface area (Å²) in [6.07, 6.45) is 0. The summed E-state index contributed by atoms with van der Waals surface area (Å²) in [7, 11) is 0. The van der Waals surface area contributed by atoms with Crippen LogP contribution in [0.3, 0.4) is 0 Å². The second-order valence-corrected chi connectivity index (χ2v) is 15.6. The summed E-state index contributed by atoms with van der Waals surface area (Å²) < 4.78 is 2.51. The van der Waals surface area contributed by atoms with E-state index in [9.17, 15) is 0 Å². The molecule has 8 aromatic carbocycles. The highest BCUT2D eigenvalue weighted by Gasteiger charge is 2.38. The highest BCUT2D eigenvalue weighted by Crippen LogP contribution is 2.55. The van der Waals surface area contributed by atoms with E-state index in [0.29, 0.717) is 0 Å². The smallest absolute Gasteiger partial charge is 0.0619 e. The molecule has 2 heteroatoms. The average Bonchev–Trinajstić information content (AvgIpc) is 3.64. The number of benzene rings is 8. The van der Waals surface area contributed by atoms with Gasteiger partial charge < -0.3 is 9.47 Å². The lowest BCUT2D eigenvalue weighted by Gasteiger charge is -2.31. The molecule has 0 N–H and O–H groups in total. The number of anilines is 3. The molecule has 1 aromatic heterocycles. The maximum Gasteiger partial charge on any atom is 0.0619 e. The third-order valence-corrected chi connectivity index (χ3v) is 11.8. The van der Waals surface area contributed by atoms with Crippen LogP contribution in [-0.4, -0.2) is 4.57 Å². The molecule has 0 spiro atoms. The van der Waals surface area contributed by atoms with Crippen molar-refractivity contribution in [2.24, 2.45) is 0 Å². The Morgan fingerprint density at radius 1 is 0.500 bits per heavy atom. The zero-order chi connectivity index (χ0) is 36.7. The average molecular weight is 695 g/mol. The van der Waals surface area contributed by atoms with Gasteiger partial charge in [0.05, 0.1) is 22.4 Å². The van der Waals surface area contributed by atoms with E-state index < -0.39 is 0 Å². The predicted octanol–water partition coefficient (Wildman–Crippen LogP) is 14.3. The molecular formula is C52H42N2. The van der Waals surface area contributed by atoms with Gasteiger partial charge in [0.1, 0.15) is 0 Å². The minimum absolute atomic E-state index is 0.250. The second-order valence-electron chi connectivity index (χ2n) is 15.6. The first-order valence-corrected chi connectivity index (χ1v) is 19.0. The van der Waals surface area contributed by atoms with Gasteiger partial charge in [-0.15, -0.1) is 0 Å². The number of fused-ring (bicyclic) bond motifs is 8. The van der Waals surface area contributed by atoms with Gasteiger partial charge in [-0.25, -0.2) is 0 Å². The zero-order valence-corrected chi connectivity index (χ0v) is 31.5. The molecular weight excluding hydrogens is 653 g/mol. The van der Waals surface area contributed by atoms with Crippen LogP contribution in [0.5, 0.6) is 0 Å². The van der Waals surface area contributed by atoms with Gasteiger partial charge in [-0.2, -0.15) is 0 Å². The van der Waals surface area contributed by atoms with E-state index in [2.05, 4.69) is 208 Å². The van der Waals surface area contributed by atoms with E-state index in [4.69, 9.17) is 0 Å². The van der Waals surface area contributed by atoms with E-state index in [1.54, 1.807) is 0 Å². The van der Waals surface area contributed by atoms with Crippen molar-refractivity contribution in [3.8, 4) is 27.9 Å². The van der Waals surface area contributed by atoms with Gasteiger partial charge in [0.15, 0.2) is 0 Å². The Bertz CT molecular complexity index is 2910. The zero-order valence-electron chi connectivity index (χ0n) is 31.5. The number of para-hydroxylation sites is 3. The van der Waals surface area contributed by atoms with Crippen molar-refractivity contribution in [2.45, 2.75) is 40.0 Å². The van der Waals surface area contributed by atoms with Crippen LogP contribution in [-0.2, 0) is 5.41 Å². The summed E-state index contributed by atoms with van der Waals surface area (Å²) in [5.41, 5.74) is 18.6. The lowest BCUT2D eigenvalue weighted by atomic mass is 9.81. The minimum atomic E-state index is -0.250. The fourth-order valence-corrected chi connectivity index (χ4v) is 9.30. The van der Waals surface area contributed by atoms with Crippen LogP contribution >= 0.6 is 0 Å². The normalized spacial score (nSPS) is 13.1. The van der Waals surface area contributed by atoms with Crippen molar-refractivity contribution in [2.75, 3.05) is 4.90 Å². The summed E-state index contributed by atoms with van der Waals surface area (Å²) in [4.78, 5) is 2.49. The van der Waals surface area contributed by atoms with Gasteiger partial charge in [0.25, 0.3) is 0 Å².